The topological polar surface area (TPSA) is 63.4 Å². The summed E-state index contributed by atoms with van der Waals surface area (Å²) in [4.78, 5) is 0.204. The first kappa shape index (κ1) is 14.3. The molecule has 18 heavy (non-hydrogen) atoms. The third-order valence-corrected chi connectivity index (χ3v) is 6.75. The molecule has 0 radical (unpaired) electrons. The number of nitrogens with two attached hydrogens (primary N) is 1. The van der Waals surface area contributed by atoms with Gasteiger partial charge >= 0.3 is 0 Å². The molecule has 2 rings (SSSR count). The molecule has 0 saturated carbocycles. The maximum absolute atomic E-state index is 12.6. The molecular formula is C11H14BrClN2O2S. The first-order valence-corrected chi connectivity index (χ1v) is 8.25. The highest BCUT2D eigenvalue weighted by atomic mass is 79.9. The predicted molar refractivity (Wildman–Crippen MR) is 75.1 cm³/mol. The average molecular weight is 354 g/mol. The molecule has 1 aliphatic rings. The van der Waals surface area contributed by atoms with Gasteiger partial charge < -0.3 is 5.73 Å². The van der Waals surface area contributed by atoms with Crippen LogP contribution in [0.25, 0.3) is 0 Å². The van der Waals surface area contributed by atoms with E-state index >= 15 is 0 Å². The molecule has 1 aromatic carbocycles. The van der Waals surface area contributed by atoms with Crippen LogP contribution in [0.1, 0.15) is 12.8 Å². The van der Waals surface area contributed by atoms with E-state index in [2.05, 4.69) is 15.9 Å². The molecule has 0 aromatic heterocycles. The molecule has 1 fully saturated rings. The van der Waals surface area contributed by atoms with Crippen molar-refractivity contribution in [2.45, 2.75) is 23.8 Å². The highest BCUT2D eigenvalue weighted by molar-refractivity contribution is 9.10. The zero-order valence-electron chi connectivity index (χ0n) is 9.64. The molecule has 1 aliphatic heterocycles. The molecule has 1 atom stereocenters. The second kappa shape index (κ2) is 5.46. The monoisotopic (exact) mass is 352 g/mol. The zero-order chi connectivity index (χ0) is 13.3. The van der Waals surface area contributed by atoms with Gasteiger partial charge in [-0.1, -0.05) is 17.7 Å². The van der Waals surface area contributed by atoms with Crippen LogP contribution >= 0.6 is 27.5 Å². The maximum Gasteiger partial charge on any atom is 0.244 e. The van der Waals surface area contributed by atoms with Gasteiger partial charge in [-0.05, 0) is 40.9 Å². The summed E-state index contributed by atoms with van der Waals surface area (Å²) in [5.41, 5.74) is 5.62. The van der Waals surface area contributed by atoms with Crippen molar-refractivity contribution in [2.75, 3.05) is 13.1 Å². The SMILES string of the molecule is NCC1CCCN1S(=O)(=O)c1cccc(Cl)c1Br. The fraction of sp³-hybridized carbons (Fsp3) is 0.455. The molecule has 0 bridgehead atoms. The van der Waals surface area contributed by atoms with E-state index < -0.39 is 10.0 Å². The average Bonchev–Trinajstić information content (AvgIpc) is 2.81. The lowest BCUT2D eigenvalue weighted by Gasteiger charge is -2.23. The van der Waals surface area contributed by atoms with Gasteiger partial charge in [0, 0.05) is 19.1 Å². The standard InChI is InChI=1S/C11H14BrClN2O2S/c12-11-9(13)4-1-5-10(11)18(16,17)15-6-2-3-8(15)7-14/h1,4-5,8H,2-3,6-7,14H2. The van der Waals surface area contributed by atoms with E-state index in [0.717, 1.165) is 12.8 Å². The molecule has 7 heteroatoms. The Kier molecular flexibility index (Phi) is 4.33. The van der Waals surface area contributed by atoms with Crippen molar-refractivity contribution >= 4 is 37.6 Å². The number of sulfonamides is 1. The van der Waals surface area contributed by atoms with Crippen LogP contribution in [0, 0.1) is 0 Å². The Morgan fingerprint density at radius 1 is 1.50 bits per heavy atom. The molecule has 1 saturated heterocycles. The van der Waals surface area contributed by atoms with Gasteiger partial charge in [0.2, 0.25) is 10.0 Å². The smallest absolute Gasteiger partial charge is 0.244 e. The van der Waals surface area contributed by atoms with Crippen molar-refractivity contribution in [3.8, 4) is 0 Å². The lowest BCUT2D eigenvalue weighted by molar-refractivity contribution is 0.393. The van der Waals surface area contributed by atoms with Crippen LogP contribution < -0.4 is 5.73 Å². The first-order chi connectivity index (χ1) is 8.48. The second-order valence-electron chi connectivity index (χ2n) is 4.20. The van der Waals surface area contributed by atoms with Gasteiger partial charge in [-0.2, -0.15) is 4.31 Å². The van der Waals surface area contributed by atoms with Gasteiger partial charge in [-0.15, -0.1) is 0 Å². The van der Waals surface area contributed by atoms with Crippen LogP contribution in [0.2, 0.25) is 5.02 Å². The molecule has 2 N–H and O–H groups in total. The Bertz CT molecular complexity index is 550. The highest BCUT2D eigenvalue weighted by Gasteiger charge is 2.35. The van der Waals surface area contributed by atoms with Gasteiger partial charge in [0.25, 0.3) is 0 Å². The minimum Gasteiger partial charge on any atom is -0.329 e. The zero-order valence-corrected chi connectivity index (χ0v) is 12.8. The third kappa shape index (κ3) is 2.44. The summed E-state index contributed by atoms with van der Waals surface area (Å²) in [5, 5.41) is 0.388. The lowest BCUT2D eigenvalue weighted by atomic mass is 10.2. The summed E-state index contributed by atoms with van der Waals surface area (Å²) in [6.45, 7) is 0.862. The van der Waals surface area contributed by atoms with Crippen molar-refractivity contribution in [3.05, 3.63) is 27.7 Å². The number of benzene rings is 1. The highest BCUT2D eigenvalue weighted by Crippen LogP contribution is 2.33. The molecule has 4 nitrogen and oxygen atoms in total. The number of rotatable bonds is 3. The molecule has 1 unspecified atom stereocenters. The van der Waals surface area contributed by atoms with Crippen molar-refractivity contribution in [1.29, 1.82) is 0 Å². The Balaban J connectivity index is 2.45. The number of hydrogen-bond donors (Lipinski definition) is 1. The Morgan fingerprint density at radius 2 is 2.22 bits per heavy atom. The van der Waals surface area contributed by atoms with Crippen LogP contribution in [0.15, 0.2) is 27.6 Å². The maximum atomic E-state index is 12.6. The normalized spacial score (nSPS) is 21.4. The number of nitrogens with zero attached hydrogens (tertiary/aromatic N) is 1. The second-order valence-corrected chi connectivity index (χ2v) is 7.26. The molecule has 100 valence electrons. The summed E-state index contributed by atoms with van der Waals surface area (Å²) < 4.78 is 27.0. The fourth-order valence-corrected chi connectivity index (χ4v) is 5.07. The van der Waals surface area contributed by atoms with E-state index in [-0.39, 0.29) is 10.9 Å². The van der Waals surface area contributed by atoms with Crippen LogP contribution in [0.3, 0.4) is 0 Å². The Morgan fingerprint density at radius 3 is 2.89 bits per heavy atom. The molecule has 0 amide bonds. The Labute approximate surface area is 120 Å². The van der Waals surface area contributed by atoms with Crippen LogP contribution in [0.5, 0.6) is 0 Å². The van der Waals surface area contributed by atoms with E-state index in [1.54, 1.807) is 18.2 Å². The Hall–Kier alpha value is -0.140. The summed E-state index contributed by atoms with van der Waals surface area (Å²) in [7, 11) is -3.53. The third-order valence-electron chi connectivity index (χ3n) is 3.10. The number of halogens is 2. The fourth-order valence-electron chi connectivity index (χ4n) is 2.17. The van der Waals surface area contributed by atoms with Gasteiger partial charge in [-0.3, -0.25) is 0 Å². The van der Waals surface area contributed by atoms with Crippen molar-refractivity contribution in [3.63, 3.8) is 0 Å². The molecular weight excluding hydrogens is 340 g/mol. The minimum absolute atomic E-state index is 0.110. The van der Waals surface area contributed by atoms with Gasteiger partial charge in [0.05, 0.1) is 14.4 Å². The number of hydrogen-bond acceptors (Lipinski definition) is 3. The first-order valence-electron chi connectivity index (χ1n) is 5.64. The van der Waals surface area contributed by atoms with Crippen LogP contribution in [-0.4, -0.2) is 31.9 Å². The van der Waals surface area contributed by atoms with E-state index in [1.165, 1.54) is 4.31 Å². The molecule has 0 aliphatic carbocycles. The summed E-state index contributed by atoms with van der Waals surface area (Å²) in [5.74, 6) is 0. The largest absolute Gasteiger partial charge is 0.329 e. The van der Waals surface area contributed by atoms with E-state index in [4.69, 9.17) is 17.3 Å². The van der Waals surface area contributed by atoms with Crippen molar-refractivity contribution < 1.29 is 8.42 Å². The lowest BCUT2D eigenvalue weighted by Crippen LogP contribution is -2.39. The summed E-state index contributed by atoms with van der Waals surface area (Å²) in [6.07, 6.45) is 1.66. The van der Waals surface area contributed by atoms with Crippen LogP contribution in [0.4, 0.5) is 0 Å². The van der Waals surface area contributed by atoms with E-state index in [1.807, 2.05) is 0 Å². The quantitative estimate of drug-likeness (QED) is 0.906. The summed E-state index contributed by atoms with van der Waals surface area (Å²) >= 11 is 9.18. The predicted octanol–water partition coefficient (Wildman–Crippen LogP) is 2.21. The molecule has 1 heterocycles. The van der Waals surface area contributed by atoms with E-state index in [9.17, 15) is 8.42 Å². The van der Waals surface area contributed by atoms with E-state index in [0.29, 0.717) is 22.6 Å². The molecule has 1 aromatic rings. The van der Waals surface area contributed by atoms with Gasteiger partial charge in [-0.25, -0.2) is 8.42 Å². The van der Waals surface area contributed by atoms with Crippen LogP contribution in [-0.2, 0) is 10.0 Å². The van der Waals surface area contributed by atoms with Gasteiger partial charge in [0.1, 0.15) is 0 Å². The van der Waals surface area contributed by atoms with Gasteiger partial charge in [0.15, 0.2) is 0 Å². The van der Waals surface area contributed by atoms with Crippen molar-refractivity contribution in [2.24, 2.45) is 5.73 Å². The van der Waals surface area contributed by atoms with Crippen molar-refractivity contribution in [1.82, 2.24) is 4.31 Å². The molecule has 0 spiro atoms. The minimum atomic E-state index is -3.53. The summed E-state index contributed by atoms with van der Waals surface area (Å²) in [6, 6.07) is 4.72.